The van der Waals surface area contributed by atoms with Crippen molar-refractivity contribution in [1.29, 1.82) is 0 Å². The summed E-state index contributed by atoms with van der Waals surface area (Å²) in [5.74, 6) is 0.783. The number of aromatic nitrogens is 1. The topological polar surface area (TPSA) is 79.8 Å². The Balaban J connectivity index is 1.30. The minimum absolute atomic E-state index is 0.0775. The van der Waals surface area contributed by atoms with Gasteiger partial charge in [0.25, 0.3) is 11.8 Å². The second-order valence-electron chi connectivity index (χ2n) is 7.17. The molecule has 1 aliphatic rings. The van der Waals surface area contributed by atoms with Crippen LogP contribution in [0.3, 0.4) is 0 Å². The molecule has 0 bridgehead atoms. The molecule has 1 saturated heterocycles. The number of benzene rings is 2. The van der Waals surface area contributed by atoms with Crippen LogP contribution in [0, 0.1) is 0 Å². The zero-order chi connectivity index (χ0) is 20.5. The zero-order valence-electron chi connectivity index (χ0n) is 16.2. The van der Waals surface area contributed by atoms with E-state index in [2.05, 4.69) is 5.16 Å². The molecule has 0 spiro atoms. The molecule has 2 aromatic carbocycles. The Bertz CT molecular complexity index is 1190. The third-order valence-electron chi connectivity index (χ3n) is 5.35. The van der Waals surface area contributed by atoms with E-state index in [1.807, 2.05) is 36.4 Å². The van der Waals surface area contributed by atoms with Crippen molar-refractivity contribution in [2.45, 2.75) is 0 Å². The number of furan rings is 1. The monoisotopic (exact) mass is 401 g/mol. The molecule has 0 atom stereocenters. The van der Waals surface area contributed by atoms with Crippen LogP contribution in [0.25, 0.3) is 22.2 Å². The first-order valence-corrected chi connectivity index (χ1v) is 9.77. The quantitative estimate of drug-likeness (QED) is 0.523. The van der Waals surface area contributed by atoms with Crippen LogP contribution in [0.2, 0.25) is 0 Å². The number of carbonyl (C=O) groups is 2. The van der Waals surface area contributed by atoms with Gasteiger partial charge in [0.05, 0.1) is 6.26 Å². The molecule has 0 aliphatic carbocycles. The van der Waals surface area contributed by atoms with Gasteiger partial charge in [-0.25, -0.2) is 0 Å². The van der Waals surface area contributed by atoms with Gasteiger partial charge < -0.3 is 18.7 Å². The van der Waals surface area contributed by atoms with Crippen LogP contribution in [-0.2, 0) is 0 Å². The Morgan fingerprint density at radius 2 is 1.57 bits per heavy atom. The fraction of sp³-hybridized carbons (Fsp3) is 0.174. The molecule has 0 radical (unpaired) electrons. The van der Waals surface area contributed by atoms with Crippen molar-refractivity contribution in [3.05, 3.63) is 78.3 Å². The van der Waals surface area contributed by atoms with E-state index in [9.17, 15) is 9.59 Å². The van der Waals surface area contributed by atoms with Crippen molar-refractivity contribution in [3.63, 3.8) is 0 Å². The molecular formula is C23H19N3O4. The lowest BCUT2D eigenvalue weighted by atomic mass is 10.1. The van der Waals surface area contributed by atoms with Crippen molar-refractivity contribution in [2.75, 3.05) is 26.2 Å². The molecule has 7 nitrogen and oxygen atoms in total. The van der Waals surface area contributed by atoms with Gasteiger partial charge in [0.1, 0.15) is 5.52 Å². The highest BCUT2D eigenvalue weighted by atomic mass is 16.5. The SMILES string of the molecule is O=C(c1ccc2c(-c3ccccc3)onc2c1)N1CCN(C(=O)c2ccco2)CC1. The molecular weight excluding hydrogens is 382 g/mol. The van der Waals surface area contributed by atoms with Gasteiger partial charge in [-0.3, -0.25) is 9.59 Å². The highest BCUT2D eigenvalue weighted by Gasteiger charge is 2.27. The maximum Gasteiger partial charge on any atom is 0.289 e. The Labute approximate surface area is 172 Å². The minimum atomic E-state index is -0.149. The van der Waals surface area contributed by atoms with Crippen LogP contribution in [0.15, 0.2) is 75.9 Å². The van der Waals surface area contributed by atoms with Crippen molar-refractivity contribution in [1.82, 2.24) is 15.0 Å². The van der Waals surface area contributed by atoms with Gasteiger partial charge in [-0.15, -0.1) is 0 Å². The van der Waals surface area contributed by atoms with Crippen molar-refractivity contribution in [2.24, 2.45) is 0 Å². The maximum atomic E-state index is 13.0. The number of nitrogens with zero attached hydrogens (tertiary/aromatic N) is 3. The normalized spacial score (nSPS) is 14.3. The third-order valence-corrected chi connectivity index (χ3v) is 5.35. The van der Waals surface area contributed by atoms with E-state index in [1.165, 1.54) is 6.26 Å². The molecule has 1 fully saturated rings. The number of amides is 2. The van der Waals surface area contributed by atoms with E-state index in [0.717, 1.165) is 10.9 Å². The fourth-order valence-electron chi connectivity index (χ4n) is 3.73. The summed E-state index contributed by atoms with van der Waals surface area (Å²) >= 11 is 0. The molecule has 0 N–H and O–H groups in total. The predicted octanol–water partition coefficient (Wildman–Crippen LogP) is 3.69. The highest BCUT2D eigenvalue weighted by molar-refractivity contribution is 6.00. The molecule has 5 rings (SSSR count). The molecule has 0 unspecified atom stereocenters. The largest absolute Gasteiger partial charge is 0.459 e. The maximum absolute atomic E-state index is 13.0. The van der Waals surface area contributed by atoms with Gasteiger partial charge in [-0.1, -0.05) is 35.5 Å². The Kier molecular flexibility index (Phi) is 4.55. The van der Waals surface area contributed by atoms with Gasteiger partial charge in [0.2, 0.25) is 0 Å². The Hall–Kier alpha value is -3.87. The fourth-order valence-corrected chi connectivity index (χ4v) is 3.73. The first-order valence-electron chi connectivity index (χ1n) is 9.77. The standard InChI is InChI=1S/C23H19N3O4/c27-22(25-10-12-26(13-11-25)23(28)20-7-4-14-29-20)17-8-9-18-19(15-17)24-30-21(18)16-5-2-1-3-6-16/h1-9,14-15H,10-13H2. The Morgan fingerprint density at radius 3 is 2.27 bits per heavy atom. The highest BCUT2D eigenvalue weighted by Crippen LogP contribution is 2.29. The number of fused-ring (bicyclic) bond motifs is 1. The van der Waals surface area contributed by atoms with E-state index in [4.69, 9.17) is 8.94 Å². The summed E-state index contributed by atoms with van der Waals surface area (Å²) in [7, 11) is 0. The summed E-state index contributed by atoms with van der Waals surface area (Å²) in [6.07, 6.45) is 1.48. The lowest BCUT2D eigenvalue weighted by molar-refractivity contribution is 0.0518. The first-order chi connectivity index (χ1) is 14.7. The van der Waals surface area contributed by atoms with E-state index in [0.29, 0.717) is 48.8 Å². The predicted molar refractivity (Wildman–Crippen MR) is 110 cm³/mol. The molecule has 2 amide bonds. The molecule has 7 heteroatoms. The lowest BCUT2D eigenvalue weighted by Crippen LogP contribution is -2.50. The molecule has 4 aromatic rings. The lowest BCUT2D eigenvalue weighted by Gasteiger charge is -2.34. The molecule has 30 heavy (non-hydrogen) atoms. The van der Waals surface area contributed by atoms with Crippen molar-refractivity contribution in [3.8, 4) is 11.3 Å². The van der Waals surface area contributed by atoms with Crippen LogP contribution in [0.5, 0.6) is 0 Å². The van der Waals surface area contributed by atoms with Crippen LogP contribution < -0.4 is 0 Å². The Morgan fingerprint density at radius 1 is 0.833 bits per heavy atom. The molecule has 3 heterocycles. The van der Waals surface area contributed by atoms with Gasteiger partial charge in [0, 0.05) is 42.7 Å². The third kappa shape index (κ3) is 3.24. The average molecular weight is 401 g/mol. The number of piperazine rings is 1. The molecule has 0 saturated carbocycles. The van der Waals surface area contributed by atoms with E-state index < -0.39 is 0 Å². The summed E-state index contributed by atoms with van der Waals surface area (Å²) in [5.41, 5.74) is 2.14. The van der Waals surface area contributed by atoms with Crippen LogP contribution in [0.1, 0.15) is 20.9 Å². The summed E-state index contributed by atoms with van der Waals surface area (Å²) in [6.45, 7) is 1.88. The van der Waals surface area contributed by atoms with Gasteiger partial charge in [0.15, 0.2) is 11.5 Å². The van der Waals surface area contributed by atoms with Crippen LogP contribution >= 0.6 is 0 Å². The minimum Gasteiger partial charge on any atom is -0.459 e. The van der Waals surface area contributed by atoms with E-state index in [1.54, 1.807) is 34.1 Å². The average Bonchev–Trinajstić information content (AvgIpc) is 3.48. The first kappa shape index (κ1) is 18.2. The van der Waals surface area contributed by atoms with Crippen molar-refractivity contribution < 1.29 is 18.5 Å². The number of rotatable bonds is 3. The van der Waals surface area contributed by atoms with Crippen LogP contribution in [0.4, 0.5) is 0 Å². The summed E-state index contributed by atoms with van der Waals surface area (Å²) in [5, 5.41) is 5.01. The summed E-state index contributed by atoms with van der Waals surface area (Å²) in [6, 6.07) is 18.5. The second-order valence-corrected chi connectivity index (χ2v) is 7.17. The molecule has 2 aromatic heterocycles. The van der Waals surface area contributed by atoms with Gasteiger partial charge in [-0.2, -0.15) is 0 Å². The zero-order valence-corrected chi connectivity index (χ0v) is 16.2. The number of hydrogen-bond acceptors (Lipinski definition) is 5. The van der Waals surface area contributed by atoms with E-state index >= 15 is 0 Å². The number of hydrogen-bond donors (Lipinski definition) is 0. The second kappa shape index (κ2) is 7.51. The smallest absolute Gasteiger partial charge is 0.289 e. The number of carbonyl (C=O) groups excluding carboxylic acids is 2. The van der Waals surface area contributed by atoms with E-state index in [-0.39, 0.29) is 11.8 Å². The molecule has 150 valence electrons. The molecule has 1 aliphatic heterocycles. The summed E-state index contributed by atoms with van der Waals surface area (Å²) in [4.78, 5) is 28.8. The van der Waals surface area contributed by atoms with Crippen LogP contribution in [-0.4, -0.2) is 52.9 Å². The summed E-state index contributed by atoms with van der Waals surface area (Å²) < 4.78 is 10.7. The van der Waals surface area contributed by atoms with Gasteiger partial charge in [-0.05, 0) is 30.3 Å². The van der Waals surface area contributed by atoms with Gasteiger partial charge >= 0.3 is 0 Å². The van der Waals surface area contributed by atoms with Crippen molar-refractivity contribution >= 4 is 22.7 Å².